The summed E-state index contributed by atoms with van der Waals surface area (Å²) in [5, 5.41) is 37.0. The Morgan fingerprint density at radius 2 is 1.29 bits per heavy atom. The van der Waals surface area contributed by atoms with Crippen LogP contribution >= 0.6 is 0 Å². The van der Waals surface area contributed by atoms with Crippen molar-refractivity contribution in [3.05, 3.63) is 0 Å². The van der Waals surface area contributed by atoms with Gasteiger partial charge in [-0.1, -0.05) is 20.8 Å². The number of aliphatic hydroxyl groups is 4. The van der Waals surface area contributed by atoms with E-state index >= 15 is 0 Å². The van der Waals surface area contributed by atoms with E-state index in [1.54, 1.807) is 0 Å². The van der Waals surface area contributed by atoms with E-state index in [9.17, 15) is 5.11 Å². The Hall–Kier alpha value is -0.160. The molecule has 14 heavy (non-hydrogen) atoms. The van der Waals surface area contributed by atoms with Gasteiger partial charge in [-0.3, -0.25) is 0 Å². The van der Waals surface area contributed by atoms with Gasteiger partial charge in [0.2, 0.25) is 0 Å². The van der Waals surface area contributed by atoms with Crippen LogP contribution in [0.5, 0.6) is 0 Å². The van der Waals surface area contributed by atoms with E-state index in [0.29, 0.717) is 6.42 Å². The van der Waals surface area contributed by atoms with Crippen LogP contribution in [0.3, 0.4) is 0 Å². The smallest absolute Gasteiger partial charge is 0.0667 e. The maximum Gasteiger partial charge on any atom is 0.0667 e. The quantitative estimate of drug-likeness (QED) is 0.500. The fourth-order valence-corrected chi connectivity index (χ4v) is 1.26. The molecule has 4 N–H and O–H groups in total. The number of aliphatic hydroxyl groups excluding tert-OH is 4. The Bertz CT molecular complexity index is 150. The van der Waals surface area contributed by atoms with E-state index < -0.39 is 31.3 Å². The first-order valence-corrected chi connectivity index (χ1v) is 4.82. The van der Waals surface area contributed by atoms with Crippen molar-refractivity contribution < 1.29 is 20.4 Å². The minimum Gasteiger partial charge on any atom is -0.396 e. The molecule has 0 fully saturated rings. The molecule has 0 aliphatic carbocycles. The van der Waals surface area contributed by atoms with Crippen molar-refractivity contribution in [2.24, 2.45) is 10.8 Å². The highest BCUT2D eigenvalue weighted by Gasteiger charge is 2.38. The third-order valence-corrected chi connectivity index (χ3v) is 2.46. The molecule has 86 valence electrons. The molecule has 0 saturated carbocycles. The summed E-state index contributed by atoms with van der Waals surface area (Å²) in [6.45, 7) is 4.60. The fraction of sp³-hybridized carbons (Fsp3) is 1.00. The largest absolute Gasteiger partial charge is 0.396 e. The molecule has 0 aromatic carbocycles. The first kappa shape index (κ1) is 13.8. The SMILES string of the molecule is CC(C)(C)CC(O)C(CO)(CO)CO. The molecule has 0 radical (unpaired) electrons. The van der Waals surface area contributed by atoms with Crippen LogP contribution in [0.15, 0.2) is 0 Å². The summed E-state index contributed by atoms with van der Waals surface area (Å²) in [7, 11) is 0. The Morgan fingerprint density at radius 1 is 0.929 bits per heavy atom. The second-order valence-corrected chi connectivity index (χ2v) is 5.12. The number of hydrogen-bond acceptors (Lipinski definition) is 4. The van der Waals surface area contributed by atoms with Crippen molar-refractivity contribution in [1.29, 1.82) is 0 Å². The van der Waals surface area contributed by atoms with Gasteiger partial charge in [0.05, 0.1) is 31.3 Å². The number of rotatable bonds is 5. The molecule has 0 aromatic rings. The molecule has 1 unspecified atom stereocenters. The molecular weight excluding hydrogens is 184 g/mol. The van der Waals surface area contributed by atoms with Gasteiger partial charge >= 0.3 is 0 Å². The van der Waals surface area contributed by atoms with Crippen LogP contribution in [0.25, 0.3) is 0 Å². The van der Waals surface area contributed by atoms with Crippen LogP contribution in [-0.2, 0) is 0 Å². The summed E-state index contributed by atoms with van der Waals surface area (Å²) in [6.07, 6.45) is -0.475. The van der Waals surface area contributed by atoms with Crippen LogP contribution in [0, 0.1) is 10.8 Å². The Labute approximate surface area is 85.2 Å². The molecule has 0 amide bonds. The van der Waals surface area contributed by atoms with Crippen LogP contribution in [0.1, 0.15) is 27.2 Å². The van der Waals surface area contributed by atoms with E-state index in [2.05, 4.69) is 0 Å². The average molecular weight is 206 g/mol. The van der Waals surface area contributed by atoms with E-state index in [-0.39, 0.29) is 5.41 Å². The zero-order chi connectivity index (χ0) is 11.4. The molecule has 4 nitrogen and oxygen atoms in total. The van der Waals surface area contributed by atoms with Crippen molar-refractivity contribution in [3.8, 4) is 0 Å². The highest BCUT2D eigenvalue weighted by molar-refractivity contribution is 4.87. The predicted octanol–water partition coefficient (Wildman–Crippen LogP) is -0.253. The first-order valence-electron chi connectivity index (χ1n) is 4.82. The van der Waals surface area contributed by atoms with Crippen molar-refractivity contribution in [3.63, 3.8) is 0 Å². The second kappa shape index (κ2) is 5.07. The maximum atomic E-state index is 9.82. The van der Waals surface area contributed by atoms with E-state index in [0.717, 1.165) is 0 Å². The second-order valence-electron chi connectivity index (χ2n) is 5.12. The van der Waals surface area contributed by atoms with Crippen LogP contribution in [-0.4, -0.2) is 46.4 Å². The van der Waals surface area contributed by atoms with E-state index in [1.807, 2.05) is 20.8 Å². The molecule has 0 rings (SSSR count). The molecule has 0 aliphatic heterocycles. The van der Waals surface area contributed by atoms with Gasteiger partial charge in [-0.15, -0.1) is 0 Å². The highest BCUT2D eigenvalue weighted by Crippen LogP contribution is 2.30. The van der Waals surface area contributed by atoms with Crippen LogP contribution in [0.4, 0.5) is 0 Å². The maximum absolute atomic E-state index is 9.82. The van der Waals surface area contributed by atoms with Crippen molar-refractivity contribution in [1.82, 2.24) is 0 Å². The highest BCUT2D eigenvalue weighted by atomic mass is 16.3. The normalized spacial score (nSPS) is 15.6. The average Bonchev–Trinajstić information content (AvgIpc) is 2.05. The van der Waals surface area contributed by atoms with Gasteiger partial charge in [-0.05, 0) is 11.8 Å². The molecule has 0 spiro atoms. The minimum absolute atomic E-state index is 0.107. The Morgan fingerprint density at radius 3 is 1.50 bits per heavy atom. The van der Waals surface area contributed by atoms with Crippen molar-refractivity contribution in [2.45, 2.75) is 33.3 Å². The van der Waals surface area contributed by atoms with Crippen molar-refractivity contribution >= 4 is 0 Å². The topological polar surface area (TPSA) is 80.9 Å². The lowest BCUT2D eigenvalue weighted by molar-refractivity contribution is -0.0951. The van der Waals surface area contributed by atoms with Gasteiger partial charge in [-0.2, -0.15) is 0 Å². The molecular formula is C10H22O4. The Kier molecular flexibility index (Phi) is 5.01. The van der Waals surface area contributed by atoms with E-state index in [4.69, 9.17) is 15.3 Å². The molecule has 0 aromatic heterocycles. The summed E-state index contributed by atoms with van der Waals surface area (Å²) in [4.78, 5) is 0. The standard InChI is InChI=1S/C10H22O4/c1-9(2,3)4-8(14)10(5-11,6-12)7-13/h8,11-14H,4-7H2,1-3H3. The monoisotopic (exact) mass is 206 g/mol. The molecule has 0 saturated heterocycles. The van der Waals surface area contributed by atoms with Crippen LogP contribution < -0.4 is 0 Å². The third kappa shape index (κ3) is 3.53. The lowest BCUT2D eigenvalue weighted by Gasteiger charge is -2.36. The zero-order valence-corrected chi connectivity index (χ0v) is 9.19. The van der Waals surface area contributed by atoms with Gasteiger partial charge in [0.1, 0.15) is 0 Å². The lowest BCUT2D eigenvalue weighted by Crippen LogP contribution is -2.46. The van der Waals surface area contributed by atoms with Gasteiger partial charge in [0.25, 0.3) is 0 Å². The molecule has 0 bridgehead atoms. The molecule has 1 atom stereocenters. The minimum atomic E-state index is -1.19. The summed E-state index contributed by atoms with van der Waals surface area (Å²) in [5.41, 5.74) is -1.29. The van der Waals surface area contributed by atoms with Crippen molar-refractivity contribution in [2.75, 3.05) is 19.8 Å². The predicted molar refractivity (Wildman–Crippen MR) is 53.8 cm³/mol. The van der Waals surface area contributed by atoms with Gasteiger partial charge in [0, 0.05) is 0 Å². The third-order valence-electron chi connectivity index (χ3n) is 2.46. The van der Waals surface area contributed by atoms with Gasteiger partial charge in [0.15, 0.2) is 0 Å². The zero-order valence-electron chi connectivity index (χ0n) is 9.19. The first-order chi connectivity index (χ1) is 6.31. The lowest BCUT2D eigenvalue weighted by atomic mass is 9.76. The molecule has 0 heterocycles. The van der Waals surface area contributed by atoms with Gasteiger partial charge in [-0.25, -0.2) is 0 Å². The summed E-state index contributed by atoms with van der Waals surface area (Å²) in [5.74, 6) is 0. The number of hydrogen-bond donors (Lipinski definition) is 4. The van der Waals surface area contributed by atoms with E-state index in [1.165, 1.54) is 0 Å². The summed E-state index contributed by atoms with van der Waals surface area (Å²) >= 11 is 0. The summed E-state index contributed by atoms with van der Waals surface area (Å²) < 4.78 is 0. The fourth-order valence-electron chi connectivity index (χ4n) is 1.26. The van der Waals surface area contributed by atoms with Gasteiger partial charge < -0.3 is 20.4 Å². The molecule has 0 aliphatic rings. The molecule has 4 heteroatoms. The van der Waals surface area contributed by atoms with Crippen LogP contribution in [0.2, 0.25) is 0 Å². The summed E-state index contributed by atoms with van der Waals surface area (Å²) in [6, 6.07) is 0. The Balaban J connectivity index is 4.52.